The first-order valence-electron chi connectivity index (χ1n) is 15.2. The number of hydrogen-bond donors (Lipinski definition) is 2. The molecule has 1 saturated heterocycles. The summed E-state index contributed by atoms with van der Waals surface area (Å²) in [6.45, 7) is 12.8. The van der Waals surface area contributed by atoms with Crippen LogP contribution >= 0.6 is 0 Å². The zero-order valence-electron chi connectivity index (χ0n) is 27.6. The van der Waals surface area contributed by atoms with Crippen molar-refractivity contribution in [3.63, 3.8) is 0 Å². The van der Waals surface area contributed by atoms with Gasteiger partial charge in [0.05, 0.1) is 0 Å². The number of phenols is 1. The van der Waals surface area contributed by atoms with E-state index in [4.69, 9.17) is 23.7 Å². The van der Waals surface area contributed by atoms with Gasteiger partial charge in [-0.05, 0) is 63.6 Å². The van der Waals surface area contributed by atoms with Crippen molar-refractivity contribution in [2.24, 2.45) is 5.92 Å². The largest absolute Gasteiger partial charge is 0.508 e. The highest BCUT2D eigenvalue weighted by Gasteiger charge is 2.51. The molecule has 5 atom stereocenters. The zero-order valence-corrected chi connectivity index (χ0v) is 27.6. The van der Waals surface area contributed by atoms with E-state index in [1.807, 2.05) is 33.8 Å². The molecule has 1 aliphatic heterocycles. The molecule has 0 spiro atoms. The lowest BCUT2D eigenvalue weighted by Gasteiger charge is -2.42. The lowest BCUT2D eigenvalue weighted by Crippen LogP contribution is -2.62. The third-order valence-electron chi connectivity index (χ3n) is 7.11. The standard InChI is InChI=1S/C34H48O11/c1-19(2)14-27(38)15-21(4)11-9-10-20(3)12-13-26-17-28(39)22(5)16-29(26)44-34-31(40)33(43-25(8)37)32(42-24(7)36)30(45-34)18-41-23(6)35/h11-12,16-17,19,30-34,39-40H,9-10,13-15,18H2,1-8H3/b20-12+,21-11+/t30-,31-,32+,33-,34?/m1/s1. The molecule has 0 amide bonds. The van der Waals surface area contributed by atoms with Crippen LogP contribution in [0, 0.1) is 12.8 Å². The summed E-state index contributed by atoms with van der Waals surface area (Å²) >= 11 is 0. The first kappa shape index (κ1) is 37.5. The average molecular weight is 633 g/mol. The normalized spacial score (nSPS) is 22.1. The number of Topliss-reactive ketones (excluding diaryl/α,β-unsaturated/α-hetero) is 1. The summed E-state index contributed by atoms with van der Waals surface area (Å²) in [6.07, 6.45) is 0.255. The van der Waals surface area contributed by atoms with Crippen LogP contribution in [0.15, 0.2) is 35.4 Å². The van der Waals surface area contributed by atoms with Gasteiger partial charge < -0.3 is 33.9 Å². The molecule has 1 heterocycles. The van der Waals surface area contributed by atoms with E-state index in [0.29, 0.717) is 42.1 Å². The van der Waals surface area contributed by atoms with Crippen molar-refractivity contribution in [3.05, 3.63) is 46.6 Å². The Morgan fingerprint density at radius 1 is 0.933 bits per heavy atom. The minimum Gasteiger partial charge on any atom is -0.508 e. The van der Waals surface area contributed by atoms with Gasteiger partial charge in [0.15, 0.2) is 18.3 Å². The molecule has 0 bridgehead atoms. The predicted octanol–water partition coefficient (Wildman–Crippen LogP) is 4.81. The van der Waals surface area contributed by atoms with E-state index in [-0.39, 0.29) is 18.1 Å². The summed E-state index contributed by atoms with van der Waals surface area (Å²) in [6, 6.07) is 3.17. The van der Waals surface area contributed by atoms with Gasteiger partial charge >= 0.3 is 17.9 Å². The number of phenolic OH excluding ortho intramolecular Hbond substituents is 1. The first-order valence-corrected chi connectivity index (χ1v) is 15.2. The molecule has 1 aliphatic rings. The average Bonchev–Trinajstić information content (AvgIpc) is 2.91. The van der Waals surface area contributed by atoms with Gasteiger partial charge in [-0.25, -0.2) is 0 Å². The van der Waals surface area contributed by atoms with Gasteiger partial charge in [-0.3, -0.25) is 19.2 Å². The molecule has 45 heavy (non-hydrogen) atoms. The number of hydrogen-bond acceptors (Lipinski definition) is 11. The van der Waals surface area contributed by atoms with E-state index in [1.54, 1.807) is 19.1 Å². The van der Waals surface area contributed by atoms with Crippen molar-refractivity contribution in [1.82, 2.24) is 0 Å². The highest BCUT2D eigenvalue weighted by atomic mass is 16.7. The molecule has 0 aliphatic carbocycles. The van der Waals surface area contributed by atoms with E-state index < -0.39 is 48.6 Å². The molecule has 1 fully saturated rings. The van der Waals surface area contributed by atoms with E-state index in [0.717, 1.165) is 37.8 Å². The van der Waals surface area contributed by atoms with Gasteiger partial charge in [-0.1, -0.05) is 37.1 Å². The molecule has 11 heteroatoms. The van der Waals surface area contributed by atoms with Crippen LogP contribution in [0.25, 0.3) is 0 Å². The molecule has 11 nitrogen and oxygen atoms in total. The summed E-state index contributed by atoms with van der Waals surface area (Å²) in [5.41, 5.74) is 3.25. The Labute approximate surface area is 265 Å². The van der Waals surface area contributed by atoms with Gasteiger partial charge in [0.2, 0.25) is 6.29 Å². The third kappa shape index (κ3) is 12.7. The second kappa shape index (κ2) is 17.7. The zero-order chi connectivity index (χ0) is 33.8. The Bertz CT molecular complexity index is 1260. The number of ether oxygens (including phenoxy) is 5. The molecular weight excluding hydrogens is 584 g/mol. The fraction of sp³-hybridized carbons (Fsp3) is 0.588. The molecule has 0 saturated carbocycles. The van der Waals surface area contributed by atoms with Crippen LogP contribution in [0.4, 0.5) is 0 Å². The highest BCUT2D eigenvalue weighted by molar-refractivity contribution is 5.80. The maximum Gasteiger partial charge on any atom is 0.303 e. The lowest BCUT2D eigenvalue weighted by atomic mass is 9.98. The Hall–Kier alpha value is -3.70. The van der Waals surface area contributed by atoms with E-state index in [2.05, 4.69) is 6.08 Å². The van der Waals surface area contributed by atoms with Crippen molar-refractivity contribution in [2.75, 3.05) is 6.61 Å². The minimum atomic E-state index is -1.59. The van der Waals surface area contributed by atoms with Crippen molar-refractivity contribution in [2.45, 2.75) is 118 Å². The highest BCUT2D eigenvalue weighted by Crippen LogP contribution is 2.33. The minimum absolute atomic E-state index is 0.0542. The fourth-order valence-corrected chi connectivity index (χ4v) is 4.94. The molecule has 2 N–H and O–H groups in total. The summed E-state index contributed by atoms with van der Waals surface area (Å²) < 4.78 is 27.8. The van der Waals surface area contributed by atoms with Crippen molar-refractivity contribution in [3.8, 4) is 11.5 Å². The number of esters is 3. The summed E-state index contributed by atoms with van der Waals surface area (Å²) in [7, 11) is 0. The SMILES string of the molecule is CC(=O)OC[C@H]1OC(Oc2cc(C)c(O)cc2C/C=C(\C)CC/C=C(\C)CC(=O)CC(C)C)[C@H](O)[C@@H](OC(C)=O)[C@H]1OC(C)=O. The van der Waals surface area contributed by atoms with E-state index in [1.165, 1.54) is 6.92 Å². The Balaban J connectivity index is 2.26. The number of allylic oxidation sites excluding steroid dienone is 4. The van der Waals surface area contributed by atoms with Crippen molar-refractivity contribution in [1.29, 1.82) is 0 Å². The molecule has 250 valence electrons. The number of benzene rings is 1. The molecule has 1 aromatic carbocycles. The van der Waals surface area contributed by atoms with Gasteiger partial charge in [0.25, 0.3) is 0 Å². The summed E-state index contributed by atoms with van der Waals surface area (Å²) in [4.78, 5) is 47.4. The number of aryl methyl sites for hydroxylation is 1. The second-order valence-corrected chi connectivity index (χ2v) is 12.0. The van der Waals surface area contributed by atoms with E-state index in [9.17, 15) is 29.4 Å². The van der Waals surface area contributed by atoms with Crippen molar-refractivity contribution >= 4 is 23.7 Å². The maximum atomic E-state index is 12.1. The van der Waals surface area contributed by atoms with Gasteiger partial charge in [-0.15, -0.1) is 0 Å². The fourth-order valence-electron chi connectivity index (χ4n) is 4.94. The monoisotopic (exact) mass is 632 g/mol. The van der Waals surface area contributed by atoms with Crippen LogP contribution in [-0.2, 0) is 44.5 Å². The van der Waals surface area contributed by atoms with Crippen LogP contribution in [0.2, 0.25) is 0 Å². The molecular formula is C34H48O11. The van der Waals surface area contributed by atoms with Crippen LogP contribution in [-0.4, -0.2) is 71.2 Å². The smallest absolute Gasteiger partial charge is 0.303 e. The first-order chi connectivity index (χ1) is 21.1. The van der Waals surface area contributed by atoms with Crippen LogP contribution in [0.5, 0.6) is 11.5 Å². The quantitative estimate of drug-likeness (QED) is 0.155. The molecule has 1 unspecified atom stereocenters. The second-order valence-electron chi connectivity index (χ2n) is 12.0. The summed E-state index contributed by atoms with van der Waals surface area (Å²) in [5, 5.41) is 21.6. The van der Waals surface area contributed by atoms with Crippen LogP contribution in [0.1, 0.15) is 85.3 Å². The van der Waals surface area contributed by atoms with E-state index >= 15 is 0 Å². The number of carbonyl (C=O) groups is 4. The molecule has 0 radical (unpaired) electrons. The van der Waals surface area contributed by atoms with Gasteiger partial charge in [0, 0.05) is 39.2 Å². The summed E-state index contributed by atoms with van der Waals surface area (Å²) in [5.74, 6) is -1.13. The Morgan fingerprint density at radius 2 is 1.58 bits per heavy atom. The van der Waals surface area contributed by atoms with Crippen LogP contribution in [0.3, 0.4) is 0 Å². The van der Waals surface area contributed by atoms with Crippen LogP contribution < -0.4 is 4.74 Å². The van der Waals surface area contributed by atoms with Gasteiger partial charge in [0.1, 0.15) is 30.0 Å². The number of ketones is 1. The third-order valence-corrected chi connectivity index (χ3v) is 7.11. The van der Waals surface area contributed by atoms with Gasteiger partial charge in [-0.2, -0.15) is 0 Å². The molecule has 2 rings (SSSR count). The molecule has 0 aromatic heterocycles. The van der Waals surface area contributed by atoms with Crippen molar-refractivity contribution < 1.29 is 53.1 Å². The lowest BCUT2D eigenvalue weighted by molar-refractivity contribution is -0.285. The Kier molecular flexibility index (Phi) is 14.7. The number of rotatable bonds is 15. The predicted molar refractivity (Wildman–Crippen MR) is 165 cm³/mol. The number of aliphatic hydroxyl groups is 1. The number of aromatic hydroxyl groups is 1. The number of aliphatic hydroxyl groups excluding tert-OH is 1. The Morgan fingerprint density at radius 3 is 2.18 bits per heavy atom. The molecule has 1 aromatic rings. The maximum absolute atomic E-state index is 12.1. The number of carbonyl (C=O) groups excluding carboxylic acids is 4. The topological polar surface area (TPSA) is 155 Å².